The Hall–Kier alpha value is -2.82. The number of hydrogen-bond acceptors (Lipinski definition) is 4. The molecule has 23 heavy (non-hydrogen) atoms. The third-order valence-electron chi connectivity index (χ3n) is 3.52. The van der Waals surface area contributed by atoms with Crippen LogP contribution >= 0.6 is 0 Å². The molecule has 0 unspecified atom stereocenters. The first-order valence-electron chi connectivity index (χ1n) is 7.19. The van der Waals surface area contributed by atoms with Crippen LogP contribution in [0, 0.1) is 6.92 Å². The summed E-state index contributed by atoms with van der Waals surface area (Å²) >= 11 is 0. The van der Waals surface area contributed by atoms with Crippen LogP contribution in [0.4, 0.5) is 0 Å². The van der Waals surface area contributed by atoms with Crippen LogP contribution in [-0.2, 0) is 0 Å². The number of aryl methyl sites for hydroxylation is 1. The number of nitrogens with one attached hydrogen (secondary N) is 1. The van der Waals surface area contributed by atoms with Gasteiger partial charge in [0.15, 0.2) is 11.5 Å². The van der Waals surface area contributed by atoms with Crippen LogP contribution in [0.2, 0.25) is 0 Å². The van der Waals surface area contributed by atoms with Gasteiger partial charge in [0.05, 0.1) is 19.9 Å². The van der Waals surface area contributed by atoms with Gasteiger partial charge in [0.2, 0.25) is 0 Å². The number of carbonyl (C=O) groups excluding carboxylic acids is 1. The predicted octanol–water partition coefficient (Wildman–Crippen LogP) is 3.17. The van der Waals surface area contributed by atoms with Crippen molar-refractivity contribution in [1.82, 2.24) is 5.43 Å². The molecule has 0 heterocycles. The van der Waals surface area contributed by atoms with E-state index < -0.39 is 0 Å². The lowest BCUT2D eigenvalue weighted by molar-refractivity contribution is 0.0954. The highest BCUT2D eigenvalue weighted by molar-refractivity contribution is 6.01. The average molecular weight is 312 g/mol. The second-order valence-corrected chi connectivity index (χ2v) is 5.02. The van der Waals surface area contributed by atoms with Gasteiger partial charge in [-0.3, -0.25) is 4.79 Å². The largest absolute Gasteiger partial charge is 0.493 e. The number of hydrogen-bond donors (Lipinski definition) is 1. The number of methoxy groups -OCH3 is 2. The van der Waals surface area contributed by atoms with Crippen LogP contribution in [0.1, 0.15) is 28.4 Å². The van der Waals surface area contributed by atoms with E-state index >= 15 is 0 Å². The van der Waals surface area contributed by atoms with Crippen molar-refractivity contribution in [2.45, 2.75) is 13.8 Å². The van der Waals surface area contributed by atoms with Crippen LogP contribution in [-0.4, -0.2) is 25.8 Å². The molecule has 1 amide bonds. The zero-order chi connectivity index (χ0) is 16.8. The van der Waals surface area contributed by atoms with Crippen molar-refractivity contribution in [3.8, 4) is 11.5 Å². The fraction of sp³-hybridized carbons (Fsp3) is 0.222. The summed E-state index contributed by atoms with van der Waals surface area (Å²) < 4.78 is 10.5. The fourth-order valence-electron chi connectivity index (χ4n) is 2.15. The molecule has 0 aliphatic heterocycles. The molecule has 2 rings (SSSR count). The Labute approximate surface area is 135 Å². The summed E-state index contributed by atoms with van der Waals surface area (Å²) in [5.41, 5.74) is 5.61. The maximum Gasteiger partial charge on any atom is 0.271 e. The molecule has 0 atom stereocenters. The summed E-state index contributed by atoms with van der Waals surface area (Å²) in [7, 11) is 3.16. The molecular formula is C18H20N2O3. The van der Waals surface area contributed by atoms with Crippen molar-refractivity contribution in [2.24, 2.45) is 5.10 Å². The van der Waals surface area contributed by atoms with Gasteiger partial charge in [0.1, 0.15) is 0 Å². The number of hydrazone groups is 1. The van der Waals surface area contributed by atoms with Gasteiger partial charge >= 0.3 is 0 Å². The van der Waals surface area contributed by atoms with Crippen LogP contribution in [0.25, 0.3) is 0 Å². The topological polar surface area (TPSA) is 59.9 Å². The minimum absolute atomic E-state index is 0.233. The normalized spacial score (nSPS) is 11.0. The van der Waals surface area contributed by atoms with Gasteiger partial charge in [-0.05, 0) is 43.7 Å². The first-order chi connectivity index (χ1) is 11.1. The smallest absolute Gasteiger partial charge is 0.271 e. The molecule has 0 saturated heterocycles. The van der Waals surface area contributed by atoms with E-state index in [9.17, 15) is 4.79 Å². The van der Waals surface area contributed by atoms with Crippen molar-refractivity contribution >= 4 is 11.6 Å². The molecule has 0 aromatic heterocycles. The van der Waals surface area contributed by atoms with Gasteiger partial charge in [-0.1, -0.05) is 18.2 Å². The highest BCUT2D eigenvalue weighted by Crippen LogP contribution is 2.27. The maximum absolute atomic E-state index is 12.2. The molecule has 0 aliphatic carbocycles. The number of carbonyl (C=O) groups is 1. The first-order valence-corrected chi connectivity index (χ1v) is 7.19. The number of rotatable bonds is 5. The number of benzene rings is 2. The number of nitrogens with zero attached hydrogens (tertiary/aromatic N) is 1. The van der Waals surface area contributed by atoms with E-state index in [2.05, 4.69) is 10.5 Å². The summed E-state index contributed by atoms with van der Waals surface area (Å²) in [5, 5.41) is 4.16. The molecule has 0 aliphatic rings. The Bertz CT molecular complexity index is 739. The summed E-state index contributed by atoms with van der Waals surface area (Å²) in [6, 6.07) is 12.9. The van der Waals surface area contributed by atoms with Crippen LogP contribution in [0.3, 0.4) is 0 Å². The monoisotopic (exact) mass is 312 g/mol. The Morgan fingerprint density at radius 3 is 2.39 bits per heavy atom. The molecule has 0 fully saturated rings. The standard InChI is InChI=1S/C18H20N2O3/c1-12-7-5-6-8-15(12)18(21)20-19-13(2)14-9-10-16(22-3)17(11-14)23-4/h5-11H,1-4H3,(H,20,21). The van der Waals surface area contributed by atoms with Gasteiger partial charge in [-0.15, -0.1) is 0 Å². The van der Waals surface area contributed by atoms with E-state index in [1.807, 2.05) is 44.2 Å². The number of amides is 1. The van der Waals surface area contributed by atoms with Crippen LogP contribution in [0.5, 0.6) is 11.5 Å². The molecule has 120 valence electrons. The summed E-state index contributed by atoms with van der Waals surface area (Å²) in [5.74, 6) is 1.03. The lowest BCUT2D eigenvalue weighted by Gasteiger charge is -2.09. The molecular weight excluding hydrogens is 292 g/mol. The molecule has 0 saturated carbocycles. The van der Waals surface area contributed by atoms with E-state index in [1.165, 1.54) is 0 Å². The van der Waals surface area contributed by atoms with Crippen molar-refractivity contribution in [1.29, 1.82) is 0 Å². The van der Waals surface area contributed by atoms with Gasteiger partial charge in [-0.2, -0.15) is 5.10 Å². The molecule has 2 aromatic rings. The average Bonchev–Trinajstić information content (AvgIpc) is 2.59. The van der Waals surface area contributed by atoms with Crippen molar-refractivity contribution in [2.75, 3.05) is 14.2 Å². The second kappa shape index (κ2) is 7.45. The quantitative estimate of drug-likeness (QED) is 0.681. The van der Waals surface area contributed by atoms with Crippen molar-refractivity contribution < 1.29 is 14.3 Å². The predicted molar refractivity (Wildman–Crippen MR) is 90.4 cm³/mol. The van der Waals surface area contributed by atoms with Gasteiger partial charge < -0.3 is 9.47 Å². The molecule has 5 nitrogen and oxygen atoms in total. The Balaban J connectivity index is 2.17. The summed E-state index contributed by atoms with van der Waals surface area (Å²) in [6.07, 6.45) is 0. The fourth-order valence-corrected chi connectivity index (χ4v) is 2.15. The minimum atomic E-state index is -0.233. The second-order valence-electron chi connectivity index (χ2n) is 5.02. The molecule has 0 radical (unpaired) electrons. The third kappa shape index (κ3) is 3.88. The molecule has 2 aromatic carbocycles. The van der Waals surface area contributed by atoms with Crippen molar-refractivity contribution in [3.63, 3.8) is 0 Å². The SMILES string of the molecule is COc1ccc(C(C)=NNC(=O)c2ccccc2C)cc1OC. The molecule has 0 spiro atoms. The van der Waals surface area contributed by atoms with Gasteiger partial charge in [-0.25, -0.2) is 5.43 Å². The van der Waals surface area contributed by atoms with E-state index in [0.717, 1.165) is 11.1 Å². The molecule has 0 bridgehead atoms. The van der Waals surface area contributed by atoms with Gasteiger partial charge in [0.25, 0.3) is 5.91 Å². The molecule has 5 heteroatoms. The zero-order valence-corrected chi connectivity index (χ0v) is 13.7. The van der Waals surface area contributed by atoms with E-state index in [0.29, 0.717) is 22.8 Å². The van der Waals surface area contributed by atoms with E-state index in [1.54, 1.807) is 26.4 Å². The van der Waals surface area contributed by atoms with Crippen molar-refractivity contribution in [3.05, 3.63) is 59.2 Å². The Kier molecular flexibility index (Phi) is 5.36. The van der Waals surface area contributed by atoms with E-state index in [-0.39, 0.29) is 5.91 Å². The summed E-state index contributed by atoms with van der Waals surface area (Å²) in [4.78, 5) is 12.2. The lowest BCUT2D eigenvalue weighted by Crippen LogP contribution is -2.20. The minimum Gasteiger partial charge on any atom is -0.493 e. The van der Waals surface area contributed by atoms with Crippen LogP contribution in [0.15, 0.2) is 47.6 Å². The highest BCUT2D eigenvalue weighted by Gasteiger charge is 2.09. The highest BCUT2D eigenvalue weighted by atomic mass is 16.5. The third-order valence-corrected chi connectivity index (χ3v) is 3.52. The summed E-state index contributed by atoms with van der Waals surface area (Å²) in [6.45, 7) is 3.71. The lowest BCUT2D eigenvalue weighted by atomic mass is 10.1. The van der Waals surface area contributed by atoms with E-state index in [4.69, 9.17) is 9.47 Å². The maximum atomic E-state index is 12.2. The van der Waals surface area contributed by atoms with Crippen LogP contribution < -0.4 is 14.9 Å². The Morgan fingerprint density at radius 1 is 1.04 bits per heavy atom. The molecule has 1 N–H and O–H groups in total. The van der Waals surface area contributed by atoms with Gasteiger partial charge in [0, 0.05) is 11.1 Å². The Morgan fingerprint density at radius 2 is 1.74 bits per heavy atom. The zero-order valence-electron chi connectivity index (χ0n) is 13.7. The first kappa shape index (κ1) is 16.5. The number of ether oxygens (including phenoxy) is 2.